The number of hydrogen-bond acceptors (Lipinski definition) is 4. The number of fused-ring (bicyclic) bond motifs is 2. The van der Waals surface area contributed by atoms with Crippen molar-refractivity contribution in [1.82, 2.24) is 4.98 Å². The van der Waals surface area contributed by atoms with E-state index in [4.69, 9.17) is 10.7 Å². The first-order valence-electron chi connectivity index (χ1n) is 10.8. The number of nitrogens with two attached hydrogens (primary N) is 1. The van der Waals surface area contributed by atoms with Gasteiger partial charge in [-0.3, -0.25) is 4.98 Å². The molecular weight excluding hydrogens is 336 g/mol. The molecule has 1 unspecified atom stereocenters. The molecule has 1 aromatic heterocycles. The summed E-state index contributed by atoms with van der Waals surface area (Å²) in [6.45, 7) is 5.74. The quantitative estimate of drug-likeness (QED) is 0.764. The van der Waals surface area contributed by atoms with Crippen LogP contribution >= 0.6 is 0 Å². The molecule has 5 rings (SSSR count). The molecule has 7 atom stereocenters. The molecule has 4 aliphatic rings. The molecule has 0 radical (unpaired) electrons. The summed E-state index contributed by atoms with van der Waals surface area (Å²) in [6, 6.07) is 4.34. The van der Waals surface area contributed by atoms with E-state index >= 15 is 0 Å². The molecule has 0 amide bonds. The number of aliphatic hydroxyl groups is 2. The Labute approximate surface area is 162 Å². The zero-order valence-electron chi connectivity index (χ0n) is 16.7. The fraction of sp³-hybridized carbons (Fsp3) is 0.783. The molecule has 27 heavy (non-hydrogen) atoms. The summed E-state index contributed by atoms with van der Waals surface area (Å²) in [5, 5.41) is 20.4. The van der Waals surface area contributed by atoms with Crippen LogP contribution in [-0.4, -0.2) is 34.5 Å². The van der Waals surface area contributed by atoms with Crippen LogP contribution in [-0.2, 0) is 11.8 Å². The molecule has 0 bridgehead atoms. The van der Waals surface area contributed by atoms with Gasteiger partial charge in [-0.2, -0.15) is 0 Å². The molecule has 4 nitrogen and oxygen atoms in total. The van der Waals surface area contributed by atoms with Crippen LogP contribution in [0.4, 0.5) is 0 Å². The lowest BCUT2D eigenvalue weighted by Crippen LogP contribution is -2.54. The van der Waals surface area contributed by atoms with Crippen LogP contribution in [0, 0.1) is 28.1 Å². The molecule has 3 fully saturated rings. The lowest BCUT2D eigenvalue weighted by Gasteiger charge is -2.56. The maximum atomic E-state index is 10.2. The van der Waals surface area contributed by atoms with Crippen LogP contribution in [0.25, 0.3) is 0 Å². The van der Waals surface area contributed by atoms with Crippen molar-refractivity contribution in [3.05, 3.63) is 29.6 Å². The Morgan fingerprint density at radius 2 is 2.07 bits per heavy atom. The second kappa shape index (κ2) is 5.55. The molecule has 1 heterocycles. The monoisotopic (exact) mass is 370 g/mol. The van der Waals surface area contributed by atoms with E-state index in [9.17, 15) is 10.2 Å². The average Bonchev–Trinajstić information content (AvgIpc) is 3.27. The highest BCUT2D eigenvalue weighted by Gasteiger charge is 2.81. The number of aromatic nitrogens is 1. The summed E-state index contributed by atoms with van der Waals surface area (Å²) < 4.78 is 0. The number of nitrogens with zero attached hydrogens (tertiary/aromatic N) is 1. The zero-order chi connectivity index (χ0) is 19.1. The minimum absolute atomic E-state index is 0.0698. The number of aliphatic hydroxyl groups excluding tert-OH is 2. The van der Waals surface area contributed by atoms with Gasteiger partial charge >= 0.3 is 0 Å². The Hall–Kier alpha value is -0.970. The second-order valence-corrected chi connectivity index (χ2v) is 10.5. The van der Waals surface area contributed by atoms with E-state index in [-0.39, 0.29) is 40.3 Å². The first-order valence-corrected chi connectivity index (χ1v) is 10.8. The van der Waals surface area contributed by atoms with Crippen molar-refractivity contribution in [1.29, 1.82) is 0 Å². The first kappa shape index (κ1) is 18.1. The number of hydrogen-bond donors (Lipinski definition) is 3. The SMILES string of the molecule is C[C@]1([C@H]2CC[C@]3(C)c4ncccc4C[C@]34CC24CN)CC[C@H](O)C[C@@H]1CO. The molecular formula is C23H34N2O2. The molecule has 0 saturated heterocycles. The van der Waals surface area contributed by atoms with Gasteiger partial charge in [-0.1, -0.05) is 19.9 Å². The molecule has 1 spiro atoms. The van der Waals surface area contributed by atoms with E-state index in [0.29, 0.717) is 5.92 Å². The highest BCUT2D eigenvalue weighted by Crippen LogP contribution is 2.84. The van der Waals surface area contributed by atoms with Gasteiger partial charge < -0.3 is 15.9 Å². The van der Waals surface area contributed by atoms with Crippen molar-refractivity contribution < 1.29 is 10.2 Å². The van der Waals surface area contributed by atoms with E-state index in [1.165, 1.54) is 24.1 Å². The third kappa shape index (κ3) is 1.97. The van der Waals surface area contributed by atoms with Crippen LogP contribution in [0.3, 0.4) is 0 Å². The maximum absolute atomic E-state index is 10.2. The van der Waals surface area contributed by atoms with Crippen molar-refractivity contribution >= 4 is 0 Å². The molecule has 3 saturated carbocycles. The minimum atomic E-state index is -0.258. The first-order chi connectivity index (χ1) is 12.9. The number of rotatable bonds is 3. The Bertz CT molecular complexity index is 769. The van der Waals surface area contributed by atoms with Crippen molar-refractivity contribution in [2.24, 2.45) is 33.8 Å². The molecule has 0 aromatic carbocycles. The number of pyridine rings is 1. The van der Waals surface area contributed by atoms with Crippen LogP contribution in [0.2, 0.25) is 0 Å². The summed E-state index contributed by atoms with van der Waals surface area (Å²) in [6.07, 6.45) is 8.93. The Morgan fingerprint density at radius 1 is 1.26 bits per heavy atom. The second-order valence-electron chi connectivity index (χ2n) is 10.5. The van der Waals surface area contributed by atoms with E-state index < -0.39 is 0 Å². The summed E-state index contributed by atoms with van der Waals surface area (Å²) in [7, 11) is 0. The lowest BCUT2D eigenvalue weighted by atomic mass is 9.49. The standard InChI is InChI=1S/C23H34N2O2/c1-20(7-5-17(27)10-16(20)12-26)18-6-8-21(2)19-15(4-3-9-25-19)11-23(21)13-22(18,23)14-24/h3-4,9,16-18,26-27H,5-8,10-14,24H2,1-2H3/t16-,17+,18-,20+,21-,22?,23+/m1/s1. The van der Waals surface area contributed by atoms with Crippen LogP contribution in [0.5, 0.6) is 0 Å². The molecule has 0 aliphatic heterocycles. The van der Waals surface area contributed by atoms with Crippen molar-refractivity contribution in [3.63, 3.8) is 0 Å². The van der Waals surface area contributed by atoms with Crippen LogP contribution < -0.4 is 5.73 Å². The average molecular weight is 371 g/mol. The maximum Gasteiger partial charge on any atom is 0.0544 e. The van der Waals surface area contributed by atoms with E-state index in [1.807, 2.05) is 6.20 Å². The summed E-state index contributed by atoms with van der Waals surface area (Å²) in [5.41, 5.74) is 9.92. The fourth-order valence-corrected chi connectivity index (χ4v) is 8.34. The highest BCUT2D eigenvalue weighted by atomic mass is 16.3. The van der Waals surface area contributed by atoms with Gasteiger partial charge in [-0.25, -0.2) is 0 Å². The Morgan fingerprint density at radius 3 is 2.81 bits per heavy atom. The van der Waals surface area contributed by atoms with Gasteiger partial charge in [0.05, 0.1) is 11.8 Å². The van der Waals surface area contributed by atoms with E-state index in [0.717, 1.165) is 38.6 Å². The fourth-order valence-electron chi connectivity index (χ4n) is 8.34. The van der Waals surface area contributed by atoms with E-state index in [2.05, 4.69) is 26.0 Å². The van der Waals surface area contributed by atoms with Gasteiger partial charge in [0.15, 0.2) is 0 Å². The van der Waals surface area contributed by atoms with Gasteiger partial charge in [-0.15, -0.1) is 0 Å². The molecule has 4 aliphatic carbocycles. The summed E-state index contributed by atoms with van der Waals surface area (Å²) in [5.74, 6) is 0.709. The van der Waals surface area contributed by atoms with Crippen molar-refractivity contribution in [2.45, 2.75) is 70.3 Å². The topological polar surface area (TPSA) is 79.4 Å². The summed E-state index contributed by atoms with van der Waals surface area (Å²) in [4.78, 5) is 4.83. The Kier molecular flexibility index (Phi) is 3.72. The molecule has 148 valence electrons. The third-order valence-corrected chi connectivity index (χ3v) is 9.89. The normalized spacial score (nSPS) is 50.6. The van der Waals surface area contributed by atoms with E-state index in [1.54, 1.807) is 0 Å². The zero-order valence-corrected chi connectivity index (χ0v) is 16.7. The van der Waals surface area contributed by atoms with Gasteiger partial charge in [0.1, 0.15) is 0 Å². The van der Waals surface area contributed by atoms with Gasteiger partial charge in [0.25, 0.3) is 0 Å². The van der Waals surface area contributed by atoms with Gasteiger partial charge in [0.2, 0.25) is 0 Å². The molecule has 4 heteroatoms. The van der Waals surface area contributed by atoms with Crippen LogP contribution in [0.15, 0.2) is 18.3 Å². The van der Waals surface area contributed by atoms with Gasteiger partial charge in [-0.05, 0) is 91.2 Å². The lowest BCUT2D eigenvalue weighted by molar-refractivity contribution is -0.0891. The third-order valence-electron chi connectivity index (χ3n) is 9.89. The van der Waals surface area contributed by atoms with Crippen molar-refractivity contribution in [2.75, 3.05) is 13.2 Å². The molecule has 4 N–H and O–H groups in total. The Balaban J connectivity index is 1.56. The summed E-state index contributed by atoms with van der Waals surface area (Å²) >= 11 is 0. The predicted molar refractivity (Wildman–Crippen MR) is 105 cm³/mol. The van der Waals surface area contributed by atoms with Crippen LogP contribution in [0.1, 0.15) is 63.6 Å². The molecule has 1 aromatic rings. The van der Waals surface area contributed by atoms with Gasteiger partial charge in [0, 0.05) is 18.2 Å². The smallest absolute Gasteiger partial charge is 0.0544 e. The highest BCUT2D eigenvalue weighted by molar-refractivity contribution is 5.47. The largest absolute Gasteiger partial charge is 0.396 e. The van der Waals surface area contributed by atoms with Crippen molar-refractivity contribution in [3.8, 4) is 0 Å². The minimum Gasteiger partial charge on any atom is -0.396 e. The predicted octanol–water partition coefficient (Wildman–Crippen LogP) is 2.80.